The van der Waals surface area contributed by atoms with Gasteiger partial charge in [0.05, 0.1) is 23.9 Å². The Morgan fingerprint density at radius 2 is 1.21 bits per heavy atom. The van der Waals surface area contributed by atoms with Crippen LogP contribution in [0.5, 0.6) is 0 Å². The summed E-state index contributed by atoms with van der Waals surface area (Å²) in [5.41, 5.74) is 6.77. The predicted molar refractivity (Wildman–Crippen MR) is 201 cm³/mol. The molecular weight excluding hydrogens is 705 g/mol. The summed E-state index contributed by atoms with van der Waals surface area (Å²) < 4.78 is 53.1. The van der Waals surface area contributed by atoms with Gasteiger partial charge in [-0.15, -0.1) is 0 Å². The Kier molecular flexibility index (Phi) is 14.7. The maximum Gasteiger partial charge on any atom is 0.321 e. The van der Waals surface area contributed by atoms with Crippen molar-refractivity contribution < 1.29 is 21.6 Å². The molecule has 2 aliphatic heterocycles. The largest absolute Gasteiger partial charge is 0.399 e. The molecule has 2 fully saturated rings. The third-order valence-electron chi connectivity index (χ3n) is 8.84. The SMILES string of the molecule is CC(C)n1cc(S(=O)(=O)CC2CCN(C(=O)Nc3ccncc3)CC2)cn1.CC(C)n1cc(S(=O)(=O)CC2CCNCC2)cn1.Nc1ccncc1. The number of urea groups is 1. The zero-order valence-corrected chi connectivity index (χ0v) is 32.0. The summed E-state index contributed by atoms with van der Waals surface area (Å²) in [7, 11) is -6.55. The van der Waals surface area contributed by atoms with Crippen LogP contribution in [0.15, 0.2) is 83.6 Å². The molecule has 17 heteroatoms. The van der Waals surface area contributed by atoms with Crippen LogP contribution in [0.4, 0.5) is 16.2 Å². The molecule has 0 saturated carbocycles. The van der Waals surface area contributed by atoms with Crippen LogP contribution in [0, 0.1) is 11.8 Å². The second-order valence-electron chi connectivity index (χ2n) is 13.6. The number of carbonyl (C=O) groups is 1. The lowest BCUT2D eigenvalue weighted by Crippen LogP contribution is -2.42. The van der Waals surface area contributed by atoms with Crippen LogP contribution >= 0.6 is 0 Å². The standard InChI is InChI=1S/C18H25N5O3S.C12H21N3O2S.C5H6N2/c1-14(2)23-12-17(11-20-23)27(25,26)13-15-5-9-22(10-6-15)18(24)21-16-3-7-19-8-4-16;1-10(2)15-8-12(7-14-15)18(16,17)9-11-3-5-13-6-4-11;6-5-1-3-7-4-2-5/h3-4,7-8,11-12,14-15H,5-6,9-10,13H2,1-2H3,(H,19,21,24);7-8,10-11,13H,3-6,9H2,1-2H3;1-4H,(H2,6,7). The van der Waals surface area contributed by atoms with Gasteiger partial charge in [-0.1, -0.05) is 0 Å². The maximum atomic E-state index is 12.6. The molecule has 0 bridgehead atoms. The molecule has 2 amide bonds. The number of nitrogen functional groups attached to an aromatic ring is 1. The van der Waals surface area contributed by atoms with Crippen molar-refractivity contribution in [1.29, 1.82) is 0 Å². The number of rotatable bonds is 9. The zero-order valence-electron chi connectivity index (χ0n) is 30.4. The zero-order chi connectivity index (χ0) is 37.7. The predicted octanol–water partition coefficient (Wildman–Crippen LogP) is 4.48. The van der Waals surface area contributed by atoms with E-state index in [2.05, 4.69) is 30.8 Å². The molecule has 0 atom stereocenters. The van der Waals surface area contributed by atoms with E-state index in [1.807, 2.05) is 27.7 Å². The Hall–Kier alpha value is -4.35. The Balaban J connectivity index is 0.000000206. The van der Waals surface area contributed by atoms with E-state index in [1.54, 1.807) is 75.7 Å². The number of nitrogens with zero attached hydrogens (tertiary/aromatic N) is 7. The summed E-state index contributed by atoms with van der Waals surface area (Å²) in [6.45, 7) is 10.8. The van der Waals surface area contributed by atoms with Crippen molar-refractivity contribution in [3.63, 3.8) is 0 Å². The fraction of sp³-hybridized carbons (Fsp3) is 0.514. The van der Waals surface area contributed by atoms with Crippen LogP contribution in [0.3, 0.4) is 0 Å². The molecule has 4 aromatic heterocycles. The fourth-order valence-electron chi connectivity index (χ4n) is 5.69. The van der Waals surface area contributed by atoms with Crippen molar-refractivity contribution >= 4 is 37.1 Å². The number of piperidine rings is 2. The maximum absolute atomic E-state index is 12.6. The Bertz CT molecular complexity index is 1890. The minimum absolute atomic E-state index is 0.0439. The molecule has 15 nitrogen and oxygen atoms in total. The van der Waals surface area contributed by atoms with Gasteiger partial charge in [0.1, 0.15) is 9.79 Å². The summed E-state index contributed by atoms with van der Waals surface area (Å²) in [5.74, 6) is 0.663. The molecule has 0 aliphatic carbocycles. The average molecular weight is 757 g/mol. The first-order valence-electron chi connectivity index (χ1n) is 17.6. The fourth-order valence-corrected chi connectivity index (χ4v) is 8.94. The van der Waals surface area contributed by atoms with Crippen molar-refractivity contribution in [2.24, 2.45) is 11.8 Å². The van der Waals surface area contributed by atoms with E-state index in [-0.39, 0.29) is 46.4 Å². The monoisotopic (exact) mass is 756 g/mol. The summed E-state index contributed by atoms with van der Waals surface area (Å²) in [6.07, 6.45) is 15.9. The average Bonchev–Trinajstić information content (AvgIpc) is 3.83. The van der Waals surface area contributed by atoms with E-state index >= 15 is 0 Å². The van der Waals surface area contributed by atoms with Gasteiger partial charge < -0.3 is 21.3 Å². The number of hydrogen-bond donors (Lipinski definition) is 3. The van der Waals surface area contributed by atoms with Gasteiger partial charge in [-0.05, 0) is 103 Å². The van der Waals surface area contributed by atoms with Crippen molar-refractivity contribution in [3.05, 3.63) is 73.8 Å². The van der Waals surface area contributed by atoms with E-state index in [1.165, 1.54) is 12.4 Å². The van der Waals surface area contributed by atoms with Crippen LogP contribution in [0.2, 0.25) is 0 Å². The number of anilines is 2. The van der Waals surface area contributed by atoms with Gasteiger partial charge in [-0.2, -0.15) is 10.2 Å². The first-order chi connectivity index (χ1) is 24.7. The van der Waals surface area contributed by atoms with Crippen LogP contribution in [-0.2, 0) is 19.7 Å². The highest BCUT2D eigenvalue weighted by atomic mass is 32.2. The second-order valence-corrected chi connectivity index (χ2v) is 17.7. The summed E-state index contributed by atoms with van der Waals surface area (Å²) in [5, 5.41) is 14.3. The molecule has 284 valence electrons. The molecule has 52 heavy (non-hydrogen) atoms. The van der Waals surface area contributed by atoms with E-state index in [0.29, 0.717) is 36.5 Å². The number of nitrogens with one attached hydrogen (secondary N) is 2. The van der Waals surface area contributed by atoms with Crippen LogP contribution in [-0.4, -0.2) is 95.0 Å². The number of nitrogens with two attached hydrogens (primary N) is 1. The van der Waals surface area contributed by atoms with E-state index in [0.717, 1.165) is 31.6 Å². The van der Waals surface area contributed by atoms with E-state index in [4.69, 9.17) is 5.73 Å². The first-order valence-corrected chi connectivity index (χ1v) is 20.9. The normalized spacial score (nSPS) is 15.8. The Morgan fingerprint density at radius 3 is 1.62 bits per heavy atom. The number of likely N-dealkylation sites (tertiary alicyclic amines) is 1. The molecule has 2 aliphatic rings. The first kappa shape index (κ1) is 40.4. The van der Waals surface area contributed by atoms with Gasteiger partial charge in [0.2, 0.25) is 0 Å². The molecule has 0 spiro atoms. The highest BCUT2D eigenvalue weighted by molar-refractivity contribution is 7.91. The smallest absolute Gasteiger partial charge is 0.321 e. The molecule has 4 aromatic rings. The highest BCUT2D eigenvalue weighted by Crippen LogP contribution is 2.24. The number of hydrogen-bond acceptors (Lipinski definition) is 11. The number of sulfone groups is 2. The van der Waals surface area contributed by atoms with E-state index in [9.17, 15) is 21.6 Å². The Morgan fingerprint density at radius 1 is 0.769 bits per heavy atom. The lowest BCUT2D eigenvalue weighted by molar-refractivity contribution is 0.187. The lowest BCUT2D eigenvalue weighted by Gasteiger charge is -2.31. The number of pyridine rings is 2. The van der Waals surface area contributed by atoms with Crippen LogP contribution < -0.4 is 16.4 Å². The molecular formula is C35H52N10O5S2. The van der Waals surface area contributed by atoms with Gasteiger partial charge in [0, 0.05) is 73.7 Å². The minimum Gasteiger partial charge on any atom is -0.399 e. The van der Waals surface area contributed by atoms with Gasteiger partial charge in [0.25, 0.3) is 0 Å². The van der Waals surface area contributed by atoms with Crippen molar-refractivity contribution in [1.82, 2.24) is 39.7 Å². The summed E-state index contributed by atoms with van der Waals surface area (Å²) >= 11 is 0. The van der Waals surface area contributed by atoms with Crippen molar-refractivity contribution in [2.75, 3.05) is 48.7 Å². The van der Waals surface area contributed by atoms with Gasteiger partial charge in [0.15, 0.2) is 19.7 Å². The molecule has 6 rings (SSSR count). The molecule has 0 aromatic carbocycles. The lowest BCUT2D eigenvalue weighted by atomic mass is 9.99. The third-order valence-corrected chi connectivity index (χ3v) is 12.5. The minimum atomic E-state index is -3.37. The Labute approximate surface area is 307 Å². The third kappa shape index (κ3) is 12.4. The molecule has 0 radical (unpaired) electrons. The number of aromatic nitrogens is 6. The van der Waals surface area contributed by atoms with Crippen molar-refractivity contribution in [3.8, 4) is 0 Å². The summed E-state index contributed by atoms with van der Waals surface area (Å²) in [4.78, 5) is 22.3. The van der Waals surface area contributed by atoms with Gasteiger partial charge >= 0.3 is 6.03 Å². The topological polar surface area (TPSA) is 200 Å². The number of carbonyl (C=O) groups excluding carboxylic acids is 1. The van der Waals surface area contributed by atoms with Crippen LogP contribution in [0.25, 0.3) is 0 Å². The van der Waals surface area contributed by atoms with Gasteiger partial charge in [-0.25, -0.2) is 21.6 Å². The number of amides is 2. The van der Waals surface area contributed by atoms with Gasteiger partial charge in [-0.3, -0.25) is 19.3 Å². The van der Waals surface area contributed by atoms with Crippen LogP contribution in [0.1, 0.15) is 65.5 Å². The molecule has 0 unspecified atom stereocenters. The van der Waals surface area contributed by atoms with Crippen molar-refractivity contribution in [2.45, 2.75) is 75.3 Å². The summed E-state index contributed by atoms with van der Waals surface area (Å²) in [6, 6.07) is 7.10. The van der Waals surface area contributed by atoms with E-state index < -0.39 is 19.7 Å². The second kappa shape index (κ2) is 18.9. The molecule has 2 saturated heterocycles. The quantitative estimate of drug-likeness (QED) is 0.218. The highest BCUT2D eigenvalue weighted by Gasteiger charge is 2.29. The molecule has 6 heterocycles. The molecule has 4 N–H and O–H groups in total.